The van der Waals surface area contributed by atoms with E-state index in [0.29, 0.717) is 23.6 Å². The molecule has 1 unspecified atom stereocenters. The third kappa shape index (κ3) is 4.31. The minimum Gasteiger partial charge on any atom is -0.349 e. The minimum atomic E-state index is -0.257. The number of aryl methyl sites for hydroxylation is 1. The SMILES string of the molecule is O=c1nc2[nH]c(C3CCNC3)cc2cn1-c1ccc([C@@H]2CCC[C@@H](CCc3ncc[nH]3)N2)cc1. The lowest BCUT2D eigenvalue weighted by molar-refractivity contribution is 0.311. The number of benzene rings is 1. The summed E-state index contributed by atoms with van der Waals surface area (Å²) < 4.78 is 1.65. The molecule has 0 aliphatic carbocycles. The first kappa shape index (κ1) is 21.3. The molecule has 0 bridgehead atoms. The van der Waals surface area contributed by atoms with Gasteiger partial charge in [-0.3, -0.25) is 4.57 Å². The highest BCUT2D eigenvalue weighted by molar-refractivity contribution is 5.76. The van der Waals surface area contributed by atoms with Crippen molar-refractivity contribution in [3.8, 4) is 5.69 Å². The van der Waals surface area contributed by atoms with E-state index < -0.39 is 0 Å². The van der Waals surface area contributed by atoms with Crippen LogP contribution in [0, 0.1) is 0 Å². The monoisotopic (exact) mass is 457 g/mol. The molecular formula is C26H31N7O. The molecule has 0 radical (unpaired) electrons. The van der Waals surface area contributed by atoms with Gasteiger partial charge in [-0.25, -0.2) is 9.78 Å². The molecular weight excluding hydrogens is 426 g/mol. The van der Waals surface area contributed by atoms with Crippen LogP contribution in [0.25, 0.3) is 16.7 Å². The average Bonchev–Trinajstić information content (AvgIpc) is 3.64. The molecule has 3 aromatic heterocycles. The number of hydrogen-bond acceptors (Lipinski definition) is 5. The van der Waals surface area contributed by atoms with E-state index in [2.05, 4.69) is 48.8 Å². The van der Waals surface area contributed by atoms with E-state index in [1.165, 1.54) is 18.4 Å². The van der Waals surface area contributed by atoms with Crippen LogP contribution in [0.5, 0.6) is 0 Å². The summed E-state index contributed by atoms with van der Waals surface area (Å²) >= 11 is 0. The van der Waals surface area contributed by atoms with Crippen LogP contribution < -0.4 is 16.3 Å². The molecule has 176 valence electrons. The van der Waals surface area contributed by atoms with E-state index >= 15 is 0 Å². The van der Waals surface area contributed by atoms with Crippen molar-refractivity contribution in [3.05, 3.63) is 76.5 Å². The molecule has 34 heavy (non-hydrogen) atoms. The number of nitrogens with zero attached hydrogens (tertiary/aromatic N) is 3. The summed E-state index contributed by atoms with van der Waals surface area (Å²) in [5.41, 5.74) is 3.69. The van der Waals surface area contributed by atoms with Gasteiger partial charge in [0.25, 0.3) is 0 Å². The Morgan fingerprint density at radius 2 is 2.03 bits per heavy atom. The third-order valence-corrected chi connectivity index (χ3v) is 7.37. The number of H-pyrrole nitrogens is 2. The highest BCUT2D eigenvalue weighted by Crippen LogP contribution is 2.28. The van der Waals surface area contributed by atoms with Crippen molar-refractivity contribution in [2.24, 2.45) is 0 Å². The van der Waals surface area contributed by atoms with Crippen LogP contribution in [-0.2, 0) is 6.42 Å². The quantitative estimate of drug-likeness (QED) is 0.356. The van der Waals surface area contributed by atoms with Gasteiger partial charge in [0.15, 0.2) is 0 Å². The van der Waals surface area contributed by atoms with E-state index in [9.17, 15) is 4.79 Å². The number of hydrogen-bond donors (Lipinski definition) is 4. The van der Waals surface area contributed by atoms with E-state index in [0.717, 1.165) is 61.4 Å². The molecule has 8 nitrogen and oxygen atoms in total. The Labute approximate surface area is 198 Å². The highest BCUT2D eigenvalue weighted by atomic mass is 16.1. The van der Waals surface area contributed by atoms with Crippen molar-refractivity contribution in [2.75, 3.05) is 13.1 Å². The number of rotatable bonds is 6. The smallest absolute Gasteiger partial charge is 0.349 e. The molecule has 5 heterocycles. The molecule has 0 amide bonds. The second-order valence-electron chi connectivity index (χ2n) is 9.62. The Balaban J connectivity index is 1.17. The summed E-state index contributed by atoms with van der Waals surface area (Å²) in [7, 11) is 0. The van der Waals surface area contributed by atoms with Crippen molar-refractivity contribution in [1.29, 1.82) is 0 Å². The van der Waals surface area contributed by atoms with Crippen molar-refractivity contribution < 1.29 is 0 Å². The topological polar surface area (TPSA) is 103 Å². The Morgan fingerprint density at radius 3 is 2.82 bits per heavy atom. The zero-order valence-electron chi connectivity index (χ0n) is 19.3. The maximum Gasteiger partial charge on any atom is 0.354 e. The van der Waals surface area contributed by atoms with Gasteiger partial charge in [-0.2, -0.15) is 4.98 Å². The van der Waals surface area contributed by atoms with Gasteiger partial charge < -0.3 is 20.6 Å². The van der Waals surface area contributed by atoms with Gasteiger partial charge in [0.2, 0.25) is 0 Å². The number of aromatic amines is 2. The van der Waals surface area contributed by atoms with Crippen LogP contribution >= 0.6 is 0 Å². The summed E-state index contributed by atoms with van der Waals surface area (Å²) in [5, 5.41) is 8.19. The first-order valence-corrected chi connectivity index (χ1v) is 12.4. The number of aromatic nitrogens is 5. The largest absolute Gasteiger partial charge is 0.354 e. The van der Waals surface area contributed by atoms with Crippen molar-refractivity contribution in [3.63, 3.8) is 0 Å². The van der Waals surface area contributed by atoms with Gasteiger partial charge in [-0.05, 0) is 56.0 Å². The third-order valence-electron chi connectivity index (χ3n) is 7.37. The number of nitrogens with one attached hydrogen (secondary N) is 4. The first-order chi connectivity index (χ1) is 16.7. The second kappa shape index (κ2) is 9.19. The van der Waals surface area contributed by atoms with Crippen LogP contribution in [0.1, 0.15) is 61.1 Å². The number of fused-ring (bicyclic) bond motifs is 1. The normalized spacial score (nSPS) is 23.0. The molecule has 3 atom stereocenters. The van der Waals surface area contributed by atoms with Crippen LogP contribution in [0.3, 0.4) is 0 Å². The van der Waals surface area contributed by atoms with Crippen molar-refractivity contribution >= 4 is 11.0 Å². The van der Waals surface area contributed by atoms with Crippen LogP contribution in [-0.4, -0.2) is 43.6 Å². The Morgan fingerprint density at radius 1 is 1.12 bits per heavy atom. The lowest BCUT2D eigenvalue weighted by Crippen LogP contribution is -2.37. The maximum atomic E-state index is 12.8. The molecule has 2 aliphatic heterocycles. The molecule has 1 aromatic carbocycles. The summed E-state index contributed by atoms with van der Waals surface area (Å²) in [6, 6.07) is 11.3. The first-order valence-electron chi connectivity index (χ1n) is 12.4. The molecule has 4 aromatic rings. The van der Waals surface area contributed by atoms with Gasteiger partial charge in [-0.1, -0.05) is 18.6 Å². The lowest BCUT2D eigenvalue weighted by atomic mass is 9.91. The van der Waals surface area contributed by atoms with Gasteiger partial charge in [0.1, 0.15) is 11.5 Å². The van der Waals surface area contributed by atoms with Gasteiger partial charge >= 0.3 is 5.69 Å². The van der Waals surface area contributed by atoms with Crippen LogP contribution in [0.2, 0.25) is 0 Å². The molecule has 4 N–H and O–H groups in total. The predicted octanol–water partition coefficient (Wildman–Crippen LogP) is 3.33. The minimum absolute atomic E-state index is 0.257. The highest BCUT2D eigenvalue weighted by Gasteiger charge is 2.23. The molecule has 0 spiro atoms. The van der Waals surface area contributed by atoms with E-state index in [-0.39, 0.29) is 5.69 Å². The van der Waals surface area contributed by atoms with Crippen LogP contribution in [0.4, 0.5) is 0 Å². The van der Waals surface area contributed by atoms with Gasteiger partial charge in [0, 0.05) is 60.6 Å². The molecule has 8 heteroatoms. The molecule has 2 saturated heterocycles. The fourth-order valence-electron chi connectivity index (χ4n) is 5.46. The second-order valence-corrected chi connectivity index (χ2v) is 9.62. The van der Waals surface area contributed by atoms with E-state index in [1.807, 2.05) is 30.7 Å². The Hall–Kier alpha value is -3.23. The molecule has 2 aliphatic rings. The molecule has 2 fully saturated rings. The molecule has 0 saturated carbocycles. The standard InChI is InChI=1S/C26H31N7O/c34-26-32-25-19(14-23(31-25)18-10-11-27-15-18)16-33(26)21-7-4-17(5-8-21)22-3-1-2-20(30-22)6-9-24-28-12-13-29-24/h4-5,7-8,12-14,16,18,20,22,27,30H,1-3,6,9-11,15H2,(H,28,29)(H,31,32,34)/t18?,20-,22-/m0/s1. The van der Waals surface area contributed by atoms with Gasteiger partial charge in [0.05, 0.1) is 5.69 Å². The number of piperidine rings is 1. The summed E-state index contributed by atoms with van der Waals surface area (Å²) in [6.45, 7) is 2.00. The fraction of sp³-hybridized carbons (Fsp3) is 0.423. The fourth-order valence-corrected chi connectivity index (χ4v) is 5.46. The lowest BCUT2D eigenvalue weighted by Gasteiger charge is -2.31. The Bertz CT molecular complexity index is 1300. The van der Waals surface area contributed by atoms with Gasteiger partial charge in [-0.15, -0.1) is 0 Å². The summed E-state index contributed by atoms with van der Waals surface area (Å²) in [5.74, 6) is 1.52. The Kier molecular flexibility index (Phi) is 5.76. The van der Waals surface area contributed by atoms with Crippen LogP contribution in [0.15, 0.2) is 53.7 Å². The zero-order valence-corrected chi connectivity index (χ0v) is 19.3. The van der Waals surface area contributed by atoms with E-state index in [4.69, 9.17) is 0 Å². The van der Waals surface area contributed by atoms with E-state index in [1.54, 1.807) is 4.57 Å². The molecule has 6 rings (SSSR count). The summed E-state index contributed by atoms with van der Waals surface area (Å²) in [4.78, 5) is 28.0. The predicted molar refractivity (Wildman–Crippen MR) is 132 cm³/mol. The zero-order chi connectivity index (χ0) is 22.9. The average molecular weight is 458 g/mol. The van der Waals surface area contributed by atoms with Crippen molar-refractivity contribution in [2.45, 2.75) is 56.5 Å². The maximum absolute atomic E-state index is 12.8. The number of imidazole rings is 1. The van der Waals surface area contributed by atoms with Crippen molar-refractivity contribution in [1.82, 2.24) is 35.1 Å². The summed E-state index contributed by atoms with van der Waals surface area (Å²) in [6.07, 6.45) is 12.3.